The second-order valence-corrected chi connectivity index (χ2v) is 8.31. The van der Waals surface area contributed by atoms with E-state index in [1.807, 2.05) is 0 Å². The van der Waals surface area contributed by atoms with E-state index in [9.17, 15) is 17.6 Å². The van der Waals surface area contributed by atoms with Crippen LogP contribution in [0.15, 0.2) is 71.0 Å². The summed E-state index contributed by atoms with van der Waals surface area (Å²) in [6.07, 6.45) is 7.87. The van der Waals surface area contributed by atoms with Crippen molar-refractivity contribution in [3.8, 4) is 11.5 Å². The first kappa shape index (κ1) is 19.8. The number of ether oxygens (including phenoxy) is 1. The molecule has 1 aromatic heterocycles. The smallest absolute Gasteiger partial charge is 0.256 e. The second-order valence-electron chi connectivity index (χ2n) is 6.55. The minimum Gasteiger partial charge on any atom is -0.453 e. The fourth-order valence-corrected chi connectivity index (χ4v) is 3.93. The van der Waals surface area contributed by atoms with E-state index in [4.69, 9.17) is 4.74 Å². The van der Waals surface area contributed by atoms with Crippen LogP contribution in [0, 0.1) is 5.82 Å². The number of benzene rings is 1. The van der Waals surface area contributed by atoms with Crippen LogP contribution in [-0.2, 0) is 21.4 Å². The van der Waals surface area contributed by atoms with Gasteiger partial charge in [0.2, 0.25) is 0 Å². The van der Waals surface area contributed by atoms with Gasteiger partial charge < -0.3 is 15.0 Å². The number of carbonyl (C=O) groups is 1. The highest BCUT2D eigenvalue weighted by Gasteiger charge is 2.29. The van der Waals surface area contributed by atoms with Gasteiger partial charge in [-0.2, -0.15) is 0 Å². The third-order valence-corrected chi connectivity index (χ3v) is 5.56. The Hall–Kier alpha value is -3.53. The van der Waals surface area contributed by atoms with Crippen molar-refractivity contribution in [2.24, 2.45) is 4.40 Å². The van der Waals surface area contributed by atoms with E-state index in [-0.39, 0.29) is 36.0 Å². The molecule has 30 heavy (non-hydrogen) atoms. The standard InChI is InChI=1S/C20H17FN4O4S/c21-17-11-14(5-6-18(17)29-15-3-1-7-22-13-15)12-23-20(26)16-4-2-8-25-9-10-30(27,28)24-19(16)25/h1-8,11,13H,9-10,12H2,(H,23,26). The molecular formula is C20H17FN4O4S. The zero-order valence-corrected chi connectivity index (χ0v) is 16.5. The van der Waals surface area contributed by atoms with Crippen molar-refractivity contribution in [1.82, 2.24) is 15.2 Å². The molecule has 0 bridgehead atoms. The van der Waals surface area contributed by atoms with Crippen molar-refractivity contribution in [1.29, 1.82) is 0 Å². The molecule has 0 unspecified atom stereocenters. The minimum absolute atomic E-state index is 0.0376. The van der Waals surface area contributed by atoms with Gasteiger partial charge >= 0.3 is 0 Å². The van der Waals surface area contributed by atoms with E-state index in [0.717, 1.165) is 0 Å². The number of sulfonamides is 1. The number of hydrogen-bond donors (Lipinski definition) is 1. The van der Waals surface area contributed by atoms with Crippen LogP contribution in [-0.4, -0.2) is 42.3 Å². The Bertz CT molecular complexity index is 1180. The number of amides is 1. The molecule has 2 aliphatic rings. The van der Waals surface area contributed by atoms with Gasteiger partial charge in [-0.3, -0.25) is 9.78 Å². The van der Waals surface area contributed by atoms with Gasteiger partial charge in [-0.25, -0.2) is 12.8 Å². The van der Waals surface area contributed by atoms with Crippen molar-refractivity contribution in [3.05, 3.63) is 78.0 Å². The average Bonchev–Trinajstić information content (AvgIpc) is 2.73. The van der Waals surface area contributed by atoms with Crippen molar-refractivity contribution < 1.29 is 22.3 Å². The Morgan fingerprint density at radius 1 is 1.30 bits per heavy atom. The molecule has 10 heteroatoms. The molecule has 0 saturated heterocycles. The third-order valence-electron chi connectivity index (χ3n) is 4.41. The SMILES string of the molecule is O=C(NCc1ccc(Oc2cccnc2)c(F)c1)C1=CC=CN2CCS(=O)(=O)N=C12. The van der Waals surface area contributed by atoms with E-state index < -0.39 is 21.7 Å². The topological polar surface area (TPSA) is 101 Å². The maximum Gasteiger partial charge on any atom is 0.256 e. The summed E-state index contributed by atoms with van der Waals surface area (Å²) in [5.41, 5.74) is 0.652. The van der Waals surface area contributed by atoms with Gasteiger partial charge in [-0.1, -0.05) is 6.07 Å². The van der Waals surface area contributed by atoms with Crippen LogP contribution in [0.3, 0.4) is 0 Å². The molecule has 4 rings (SSSR count). The summed E-state index contributed by atoms with van der Waals surface area (Å²) in [6.45, 7) is 0.274. The number of rotatable bonds is 5. The van der Waals surface area contributed by atoms with Gasteiger partial charge in [0.05, 0.1) is 17.5 Å². The molecule has 1 N–H and O–H groups in total. The first-order chi connectivity index (χ1) is 14.4. The number of fused-ring (bicyclic) bond motifs is 1. The summed E-state index contributed by atoms with van der Waals surface area (Å²) in [7, 11) is -3.60. The lowest BCUT2D eigenvalue weighted by Crippen LogP contribution is -2.42. The Balaban J connectivity index is 1.44. The van der Waals surface area contributed by atoms with E-state index in [0.29, 0.717) is 11.3 Å². The Labute approximate surface area is 172 Å². The normalized spacial score (nSPS) is 16.9. The van der Waals surface area contributed by atoms with Crippen LogP contribution >= 0.6 is 0 Å². The molecule has 8 nitrogen and oxygen atoms in total. The first-order valence-corrected chi connectivity index (χ1v) is 10.6. The molecule has 0 atom stereocenters. The maximum atomic E-state index is 14.4. The number of amidine groups is 1. The maximum absolute atomic E-state index is 14.4. The Kier molecular flexibility index (Phi) is 5.32. The number of nitrogens with zero attached hydrogens (tertiary/aromatic N) is 3. The van der Waals surface area contributed by atoms with Crippen molar-refractivity contribution >= 4 is 21.8 Å². The predicted molar refractivity (Wildman–Crippen MR) is 108 cm³/mol. The van der Waals surface area contributed by atoms with Crippen LogP contribution in [0.2, 0.25) is 0 Å². The molecule has 2 aromatic rings. The summed E-state index contributed by atoms with van der Waals surface area (Å²) in [5, 5.41) is 2.66. The van der Waals surface area contributed by atoms with Crippen LogP contribution in [0.25, 0.3) is 0 Å². The van der Waals surface area contributed by atoms with E-state index in [2.05, 4.69) is 14.7 Å². The largest absolute Gasteiger partial charge is 0.453 e. The average molecular weight is 428 g/mol. The summed E-state index contributed by atoms with van der Waals surface area (Å²) >= 11 is 0. The fourth-order valence-electron chi connectivity index (χ4n) is 2.94. The van der Waals surface area contributed by atoms with E-state index >= 15 is 0 Å². The van der Waals surface area contributed by atoms with Crippen LogP contribution < -0.4 is 10.1 Å². The van der Waals surface area contributed by atoms with Gasteiger partial charge in [0, 0.05) is 25.5 Å². The molecule has 1 aromatic carbocycles. The molecule has 0 fully saturated rings. The number of halogens is 1. The van der Waals surface area contributed by atoms with E-state index in [1.165, 1.54) is 24.4 Å². The lowest BCUT2D eigenvalue weighted by atomic mass is 10.1. The van der Waals surface area contributed by atoms with E-state index in [1.54, 1.807) is 41.6 Å². The molecule has 0 aliphatic carbocycles. The monoisotopic (exact) mass is 428 g/mol. The highest BCUT2D eigenvalue weighted by molar-refractivity contribution is 7.90. The number of hydrogen-bond acceptors (Lipinski definition) is 6. The zero-order chi connectivity index (χ0) is 21.1. The first-order valence-electron chi connectivity index (χ1n) is 9.04. The molecule has 1 amide bonds. The molecule has 3 heterocycles. The number of allylic oxidation sites excluding steroid dienone is 2. The molecule has 0 radical (unpaired) electrons. The quantitative estimate of drug-likeness (QED) is 0.783. The van der Waals surface area contributed by atoms with Gasteiger partial charge in [-0.05, 0) is 42.0 Å². The highest BCUT2D eigenvalue weighted by atomic mass is 32.2. The lowest BCUT2D eigenvalue weighted by Gasteiger charge is -2.28. The minimum atomic E-state index is -3.60. The fraction of sp³-hybridized carbons (Fsp3) is 0.150. The second kappa shape index (κ2) is 8.07. The summed E-state index contributed by atoms with van der Waals surface area (Å²) in [5.74, 6) is -0.663. The molecular weight excluding hydrogens is 411 g/mol. The van der Waals surface area contributed by atoms with Crippen molar-refractivity contribution in [3.63, 3.8) is 0 Å². The zero-order valence-electron chi connectivity index (χ0n) is 15.7. The third kappa shape index (κ3) is 4.38. The number of pyridine rings is 1. The summed E-state index contributed by atoms with van der Waals surface area (Å²) < 4.78 is 47.1. The predicted octanol–water partition coefficient (Wildman–Crippen LogP) is 2.13. The van der Waals surface area contributed by atoms with Gasteiger partial charge in [0.1, 0.15) is 5.75 Å². The molecule has 0 spiro atoms. The molecule has 154 valence electrons. The summed E-state index contributed by atoms with van der Waals surface area (Å²) in [6, 6.07) is 7.68. The van der Waals surface area contributed by atoms with Gasteiger partial charge in [0.15, 0.2) is 17.4 Å². The number of carbonyl (C=O) groups excluding carboxylic acids is 1. The van der Waals surface area contributed by atoms with Crippen LogP contribution in [0.5, 0.6) is 11.5 Å². The lowest BCUT2D eigenvalue weighted by molar-refractivity contribution is -0.117. The van der Waals surface area contributed by atoms with Crippen molar-refractivity contribution in [2.45, 2.75) is 6.54 Å². The molecule has 2 aliphatic heterocycles. The van der Waals surface area contributed by atoms with Crippen molar-refractivity contribution in [2.75, 3.05) is 12.3 Å². The van der Waals surface area contributed by atoms with Gasteiger partial charge in [0.25, 0.3) is 15.9 Å². The summed E-state index contributed by atoms with van der Waals surface area (Å²) in [4.78, 5) is 18.1. The Morgan fingerprint density at radius 3 is 2.93 bits per heavy atom. The van der Waals surface area contributed by atoms with Gasteiger partial charge in [-0.15, -0.1) is 4.40 Å². The number of nitrogens with one attached hydrogen (secondary N) is 1. The Morgan fingerprint density at radius 2 is 2.17 bits per heavy atom. The van der Waals surface area contributed by atoms with Crippen LogP contribution in [0.4, 0.5) is 4.39 Å². The van der Waals surface area contributed by atoms with Crippen LogP contribution in [0.1, 0.15) is 5.56 Å². The molecule has 0 saturated carbocycles. The number of aromatic nitrogens is 1. The highest BCUT2D eigenvalue weighted by Crippen LogP contribution is 2.24.